The van der Waals surface area contributed by atoms with Crippen molar-refractivity contribution in [2.24, 2.45) is 5.92 Å². The van der Waals surface area contributed by atoms with E-state index in [1.807, 2.05) is 44.4 Å². The number of carbonyl (C=O) groups excluding carboxylic acids is 1. The minimum atomic E-state index is -0.177. The lowest BCUT2D eigenvalue weighted by molar-refractivity contribution is 0.0944. The maximum Gasteiger partial charge on any atom is 0.270 e. The highest BCUT2D eigenvalue weighted by Gasteiger charge is 2.13. The predicted molar refractivity (Wildman–Crippen MR) is 102 cm³/mol. The molecule has 1 aromatic heterocycles. The zero-order chi connectivity index (χ0) is 18.2. The molecule has 0 saturated heterocycles. The lowest BCUT2D eigenvalue weighted by Crippen LogP contribution is -2.28. The third-order valence-electron chi connectivity index (χ3n) is 3.53. The Morgan fingerprint density at radius 3 is 2.52 bits per heavy atom. The van der Waals surface area contributed by atoms with E-state index in [1.54, 1.807) is 6.07 Å². The topological polar surface area (TPSA) is 70.2 Å². The molecule has 1 amide bonds. The standard InChI is InChI=1S/C19H27N5O/c1-14(2)13-21-19(25)16-12-17(20-10-11-24(3)4)23-18(22-16)15-8-6-5-7-9-15/h5-9,12,14H,10-11,13H2,1-4H3,(H,21,25)(H,20,22,23). The summed E-state index contributed by atoms with van der Waals surface area (Å²) in [5.41, 5.74) is 1.26. The van der Waals surface area contributed by atoms with Crippen LogP contribution in [0, 0.1) is 5.92 Å². The Bertz CT molecular complexity index is 685. The summed E-state index contributed by atoms with van der Waals surface area (Å²) in [6, 6.07) is 11.4. The molecule has 2 N–H and O–H groups in total. The molecule has 2 aromatic rings. The van der Waals surface area contributed by atoms with Gasteiger partial charge in [-0.15, -0.1) is 0 Å². The van der Waals surface area contributed by atoms with Gasteiger partial charge in [0.05, 0.1) is 0 Å². The number of likely N-dealkylation sites (N-methyl/N-ethyl adjacent to an activating group) is 1. The molecular formula is C19H27N5O. The number of hydrogen-bond acceptors (Lipinski definition) is 5. The van der Waals surface area contributed by atoms with Gasteiger partial charge in [-0.2, -0.15) is 0 Å². The van der Waals surface area contributed by atoms with Crippen molar-refractivity contribution in [1.29, 1.82) is 0 Å². The van der Waals surface area contributed by atoms with Crippen molar-refractivity contribution < 1.29 is 4.79 Å². The molecule has 0 fully saturated rings. The third kappa shape index (κ3) is 6.15. The van der Waals surface area contributed by atoms with E-state index in [0.29, 0.717) is 29.8 Å². The first kappa shape index (κ1) is 18.9. The summed E-state index contributed by atoms with van der Waals surface area (Å²) in [6.45, 7) is 6.35. The van der Waals surface area contributed by atoms with E-state index >= 15 is 0 Å². The summed E-state index contributed by atoms with van der Waals surface area (Å²) in [6.07, 6.45) is 0. The van der Waals surface area contributed by atoms with Crippen LogP contribution in [0.4, 0.5) is 5.82 Å². The minimum absolute atomic E-state index is 0.177. The fourth-order valence-corrected chi connectivity index (χ4v) is 2.17. The van der Waals surface area contributed by atoms with Crippen LogP contribution in [0.15, 0.2) is 36.4 Å². The molecule has 0 aliphatic carbocycles. The van der Waals surface area contributed by atoms with Crippen LogP contribution in [0.3, 0.4) is 0 Å². The van der Waals surface area contributed by atoms with Gasteiger partial charge in [-0.05, 0) is 20.0 Å². The predicted octanol–water partition coefficient (Wildman–Crippen LogP) is 2.50. The van der Waals surface area contributed by atoms with Gasteiger partial charge >= 0.3 is 0 Å². The van der Waals surface area contributed by atoms with Crippen LogP contribution in [0.5, 0.6) is 0 Å². The van der Waals surface area contributed by atoms with Gasteiger partial charge in [0.15, 0.2) is 5.82 Å². The van der Waals surface area contributed by atoms with Crippen LogP contribution < -0.4 is 10.6 Å². The second-order valence-electron chi connectivity index (χ2n) is 6.66. The fourth-order valence-electron chi connectivity index (χ4n) is 2.17. The first-order chi connectivity index (χ1) is 12.0. The summed E-state index contributed by atoms with van der Waals surface area (Å²) in [5.74, 6) is 1.41. The Morgan fingerprint density at radius 1 is 1.16 bits per heavy atom. The van der Waals surface area contributed by atoms with Crippen molar-refractivity contribution in [3.05, 3.63) is 42.1 Å². The van der Waals surface area contributed by atoms with Gasteiger partial charge in [-0.1, -0.05) is 44.2 Å². The van der Waals surface area contributed by atoms with Crippen LogP contribution in [-0.2, 0) is 0 Å². The van der Waals surface area contributed by atoms with Crippen molar-refractivity contribution in [1.82, 2.24) is 20.2 Å². The van der Waals surface area contributed by atoms with Crippen molar-refractivity contribution in [2.75, 3.05) is 39.0 Å². The lowest BCUT2D eigenvalue weighted by atomic mass is 10.2. The zero-order valence-electron chi connectivity index (χ0n) is 15.4. The highest BCUT2D eigenvalue weighted by atomic mass is 16.1. The molecule has 0 aliphatic heterocycles. The van der Waals surface area contributed by atoms with Crippen molar-refractivity contribution in [2.45, 2.75) is 13.8 Å². The summed E-state index contributed by atoms with van der Waals surface area (Å²) in [4.78, 5) is 23.5. The highest BCUT2D eigenvalue weighted by Crippen LogP contribution is 2.17. The van der Waals surface area contributed by atoms with Gasteiger partial charge in [0, 0.05) is 31.3 Å². The second-order valence-corrected chi connectivity index (χ2v) is 6.66. The Kier molecular flexibility index (Phi) is 6.89. The Labute approximate surface area is 149 Å². The number of benzene rings is 1. The molecule has 134 valence electrons. The molecule has 25 heavy (non-hydrogen) atoms. The van der Waals surface area contributed by atoms with Crippen molar-refractivity contribution in [3.8, 4) is 11.4 Å². The summed E-state index contributed by atoms with van der Waals surface area (Å²) in [5, 5.41) is 6.19. The van der Waals surface area contributed by atoms with Gasteiger partial charge in [0.25, 0.3) is 5.91 Å². The second kappa shape index (κ2) is 9.13. The number of nitrogens with zero attached hydrogens (tertiary/aromatic N) is 3. The fraction of sp³-hybridized carbons (Fsp3) is 0.421. The van der Waals surface area contributed by atoms with E-state index in [-0.39, 0.29) is 5.91 Å². The molecule has 6 nitrogen and oxygen atoms in total. The van der Waals surface area contributed by atoms with E-state index in [9.17, 15) is 4.79 Å². The largest absolute Gasteiger partial charge is 0.369 e. The average Bonchev–Trinajstić information content (AvgIpc) is 2.60. The van der Waals surface area contributed by atoms with E-state index in [4.69, 9.17) is 0 Å². The van der Waals surface area contributed by atoms with Crippen LogP contribution in [0.25, 0.3) is 11.4 Å². The Morgan fingerprint density at radius 2 is 1.88 bits per heavy atom. The van der Waals surface area contributed by atoms with Crippen molar-refractivity contribution in [3.63, 3.8) is 0 Å². The molecule has 0 saturated carbocycles. The molecule has 0 aliphatic rings. The highest BCUT2D eigenvalue weighted by molar-refractivity contribution is 5.93. The van der Waals surface area contributed by atoms with Crippen molar-refractivity contribution >= 4 is 11.7 Å². The maximum atomic E-state index is 12.4. The molecule has 6 heteroatoms. The zero-order valence-corrected chi connectivity index (χ0v) is 15.4. The summed E-state index contributed by atoms with van der Waals surface area (Å²) >= 11 is 0. The van der Waals surface area contributed by atoms with Gasteiger partial charge in [0.1, 0.15) is 11.5 Å². The number of anilines is 1. The molecule has 1 aromatic carbocycles. The molecule has 0 bridgehead atoms. The van der Waals surface area contributed by atoms with Gasteiger partial charge < -0.3 is 15.5 Å². The van der Waals surface area contributed by atoms with E-state index in [1.165, 1.54) is 0 Å². The van der Waals surface area contributed by atoms with E-state index in [2.05, 4.69) is 39.3 Å². The molecular weight excluding hydrogens is 314 g/mol. The monoisotopic (exact) mass is 341 g/mol. The maximum absolute atomic E-state index is 12.4. The number of carbonyl (C=O) groups is 1. The third-order valence-corrected chi connectivity index (χ3v) is 3.53. The average molecular weight is 341 g/mol. The van der Waals surface area contributed by atoms with Crippen LogP contribution >= 0.6 is 0 Å². The van der Waals surface area contributed by atoms with Gasteiger partial charge in [-0.3, -0.25) is 4.79 Å². The number of aromatic nitrogens is 2. The normalized spacial score (nSPS) is 11.0. The van der Waals surface area contributed by atoms with E-state index < -0.39 is 0 Å². The first-order valence-electron chi connectivity index (χ1n) is 8.57. The molecule has 0 radical (unpaired) electrons. The van der Waals surface area contributed by atoms with Gasteiger partial charge in [0.2, 0.25) is 0 Å². The van der Waals surface area contributed by atoms with Crippen LogP contribution in [0.2, 0.25) is 0 Å². The molecule has 0 spiro atoms. The number of hydrogen-bond donors (Lipinski definition) is 2. The molecule has 2 rings (SSSR count). The SMILES string of the molecule is CC(C)CNC(=O)c1cc(NCCN(C)C)nc(-c2ccccc2)n1. The number of amides is 1. The Balaban J connectivity index is 2.26. The first-order valence-corrected chi connectivity index (χ1v) is 8.57. The summed E-state index contributed by atoms with van der Waals surface area (Å²) in [7, 11) is 4.03. The smallest absolute Gasteiger partial charge is 0.270 e. The number of nitrogens with one attached hydrogen (secondary N) is 2. The van der Waals surface area contributed by atoms with E-state index in [0.717, 1.165) is 18.7 Å². The van der Waals surface area contributed by atoms with Crippen LogP contribution in [-0.4, -0.2) is 54.5 Å². The van der Waals surface area contributed by atoms with Gasteiger partial charge in [-0.25, -0.2) is 9.97 Å². The summed E-state index contributed by atoms with van der Waals surface area (Å²) < 4.78 is 0. The lowest BCUT2D eigenvalue weighted by Gasteiger charge is -2.13. The number of rotatable bonds is 8. The van der Waals surface area contributed by atoms with Crippen LogP contribution in [0.1, 0.15) is 24.3 Å². The minimum Gasteiger partial charge on any atom is -0.369 e. The quantitative estimate of drug-likeness (QED) is 0.772. The molecule has 1 heterocycles. The molecule has 0 atom stereocenters. The molecule has 0 unspecified atom stereocenters. The Hall–Kier alpha value is -2.47.